The van der Waals surface area contributed by atoms with Gasteiger partial charge in [-0.2, -0.15) is 0 Å². The van der Waals surface area contributed by atoms with Crippen molar-refractivity contribution in [2.45, 2.75) is 53.1 Å². The molecule has 0 radical (unpaired) electrons. The van der Waals surface area contributed by atoms with Gasteiger partial charge >= 0.3 is 0 Å². The Morgan fingerprint density at radius 1 is 1.09 bits per heavy atom. The second-order valence-corrected chi connectivity index (χ2v) is 10.4. The van der Waals surface area contributed by atoms with E-state index in [4.69, 9.17) is 0 Å². The Bertz CT molecular complexity index is 1100. The van der Waals surface area contributed by atoms with Gasteiger partial charge in [0.05, 0.1) is 11.9 Å². The number of hydrogen-bond acceptors (Lipinski definition) is 4. The quantitative estimate of drug-likeness (QED) is 0.487. The molecule has 9 heteroatoms. The number of rotatable bonds is 11. The highest BCUT2D eigenvalue weighted by Gasteiger charge is 2.30. The molecule has 1 atom stereocenters. The van der Waals surface area contributed by atoms with Crippen LogP contribution in [0.2, 0.25) is 0 Å². The minimum absolute atomic E-state index is 0.0337. The fourth-order valence-corrected chi connectivity index (χ4v) is 4.49. The van der Waals surface area contributed by atoms with Crippen molar-refractivity contribution in [2.24, 2.45) is 0 Å². The van der Waals surface area contributed by atoms with Crippen LogP contribution in [0.1, 0.15) is 43.4 Å². The Morgan fingerprint density at radius 3 is 2.29 bits per heavy atom. The van der Waals surface area contributed by atoms with Crippen LogP contribution >= 0.6 is 0 Å². The van der Waals surface area contributed by atoms with Gasteiger partial charge in [0.1, 0.15) is 18.4 Å². The van der Waals surface area contributed by atoms with Gasteiger partial charge in [-0.15, -0.1) is 0 Å². The summed E-state index contributed by atoms with van der Waals surface area (Å²) >= 11 is 0. The molecule has 0 saturated heterocycles. The summed E-state index contributed by atoms with van der Waals surface area (Å²) in [5.41, 5.74) is 2.72. The zero-order valence-corrected chi connectivity index (χ0v) is 21.3. The lowest BCUT2D eigenvalue weighted by Gasteiger charge is -2.32. The minimum Gasteiger partial charge on any atom is -0.354 e. The van der Waals surface area contributed by atoms with E-state index < -0.39 is 34.3 Å². The van der Waals surface area contributed by atoms with Crippen LogP contribution in [0.15, 0.2) is 42.5 Å². The van der Waals surface area contributed by atoms with Crippen LogP contribution < -0.4 is 9.62 Å². The number of carbonyl (C=O) groups excluding carboxylic acids is 2. The second kappa shape index (κ2) is 12.0. The first-order valence-corrected chi connectivity index (χ1v) is 13.2. The van der Waals surface area contributed by atoms with E-state index >= 15 is 0 Å². The molecular weight excluding hydrogens is 457 g/mol. The lowest BCUT2D eigenvalue weighted by molar-refractivity contribution is -0.139. The molecule has 2 aromatic rings. The van der Waals surface area contributed by atoms with E-state index in [2.05, 4.69) is 5.32 Å². The number of sulfonamides is 1. The largest absolute Gasteiger partial charge is 0.354 e. The Labute approximate surface area is 202 Å². The summed E-state index contributed by atoms with van der Waals surface area (Å²) in [6, 6.07) is 10.1. The molecule has 0 fully saturated rings. The van der Waals surface area contributed by atoms with Crippen molar-refractivity contribution < 1.29 is 22.4 Å². The molecule has 0 aliphatic heterocycles. The molecule has 0 heterocycles. The zero-order valence-electron chi connectivity index (χ0n) is 20.5. The third-order valence-corrected chi connectivity index (χ3v) is 6.69. The molecular formula is C25H34FN3O4S. The fourth-order valence-electron chi connectivity index (χ4n) is 3.59. The van der Waals surface area contributed by atoms with Crippen LogP contribution in [-0.2, 0) is 26.2 Å². The number of aryl methyl sites for hydroxylation is 2. The summed E-state index contributed by atoms with van der Waals surface area (Å²) in [5.74, 6) is -1.28. The predicted molar refractivity (Wildman–Crippen MR) is 132 cm³/mol. The van der Waals surface area contributed by atoms with Crippen molar-refractivity contribution in [3.05, 3.63) is 65.0 Å². The first-order chi connectivity index (χ1) is 15.9. The number of nitrogens with one attached hydrogen (secondary N) is 1. The SMILES string of the molecule is CCCCNC(=O)[C@@H](C)N(Cc1ccc(F)cc1)C(=O)CN(c1ccc(C)cc1C)S(C)(=O)=O. The van der Waals surface area contributed by atoms with E-state index in [0.29, 0.717) is 23.4 Å². The summed E-state index contributed by atoms with van der Waals surface area (Å²) in [7, 11) is -3.79. The predicted octanol–water partition coefficient (Wildman–Crippen LogP) is 3.54. The summed E-state index contributed by atoms with van der Waals surface area (Å²) in [5, 5.41) is 2.82. The monoisotopic (exact) mass is 491 g/mol. The second-order valence-electron chi connectivity index (χ2n) is 8.53. The van der Waals surface area contributed by atoms with Crippen molar-refractivity contribution in [1.29, 1.82) is 0 Å². The van der Waals surface area contributed by atoms with Crippen molar-refractivity contribution in [3.63, 3.8) is 0 Å². The van der Waals surface area contributed by atoms with E-state index in [1.165, 1.54) is 29.2 Å². The molecule has 0 bridgehead atoms. The van der Waals surface area contributed by atoms with E-state index in [0.717, 1.165) is 29.0 Å². The Balaban J connectivity index is 2.37. The maximum absolute atomic E-state index is 13.5. The molecule has 0 aromatic heterocycles. The van der Waals surface area contributed by atoms with E-state index in [9.17, 15) is 22.4 Å². The molecule has 186 valence electrons. The van der Waals surface area contributed by atoms with Gasteiger partial charge in [-0.1, -0.05) is 43.2 Å². The van der Waals surface area contributed by atoms with Gasteiger partial charge < -0.3 is 10.2 Å². The van der Waals surface area contributed by atoms with Gasteiger partial charge in [-0.3, -0.25) is 13.9 Å². The molecule has 7 nitrogen and oxygen atoms in total. The molecule has 2 rings (SSSR count). The highest BCUT2D eigenvalue weighted by Crippen LogP contribution is 2.24. The summed E-state index contributed by atoms with van der Waals surface area (Å²) in [4.78, 5) is 27.5. The maximum Gasteiger partial charge on any atom is 0.244 e. The molecule has 2 aromatic carbocycles. The Morgan fingerprint density at radius 2 is 1.74 bits per heavy atom. The molecule has 0 saturated carbocycles. The van der Waals surface area contributed by atoms with Crippen LogP contribution in [0.3, 0.4) is 0 Å². The number of nitrogens with zero attached hydrogens (tertiary/aromatic N) is 2. The van der Waals surface area contributed by atoms with Gasteiger partial charge in [-0.05, 0) is 56.5 Å². The number of anilines is 1. The van der Waals surface area contributed by atoms with Crippen LogP contribution in [0, 0.1) is 19.7 Å². The lowest BCUT2D eigenvalue weighted by atomic mass is 10.1. The van der Waals surface area contributed by atoms with Gasteiger partial charge in [0.15, 0.2) is 0 Å². The smallest absolute Gasteiger partial charge is 0.244 e. The number of carbonyl (C=O) groups is 2. The van der Waals surface area contributed by atoms with Gasteiger partial charge in [0.2, 0.25) is 21.8 Å². The number of amides is 2. The van der Waals surface area contributed by atoms with Gasteiger partial charge in [0, 0.05) is 13.1 Å². The number of hydrogen-bond donors (Lipinski definition) is 1. The summed E-state index contributed by atoms with van der Waals surface area (Å²) in [6.07, 6.45) is 2.76. The van der Waals surface area contributed by atoms with Crippen LogP contribution in [-0.4, -0.2) is 50.5 Å². The van der Waals surface area contributed by atoms with Crippen LogP contribution in [0.25, 0.3) is 0 Å². The lowest BCUT2D eigenvalue weighted by Crippen LogP contribution is -2.51. The van der Waals surface area contributed by atoms with Crippen molar-refractivity contribution in [1.82, 2.24) is 10.2 Å². The van der Waals surface area contributed by atoms with Gasteiger partial charge in [0.25, 0.3) is 0 Å². The van der Waals surface area contributed by atoms with E-state index in [1.54, 1.807) is 26.0 Å². The number of benzene rings is 2. The Hall–Kier alpha value is -2.94. The Kier molecular flexibility index (Phi) is 9.61. The molecule has 34 heavy (non-hydrogen) atoms. The third-order valence-electron chi connectivity index (χ3n) is 5.56. The van der Waals surface area contributed by atoms with E-state index in [-0.39, 0.29) is 12.5 Å². The molecule has 0 unspecified atom stereocenters. The highest BCUT2D eigenvalue weighted by molar-refractivity contribution is 7.92. The highest BCUT2D eigenvalue weighted by atomic mass is 32.2. The van der Waals surface area contributed by atoms with E-state index in [1.807, 2.05) is 19.9 Å². The topological polar surface area (TPSA) is 86.8 Å². The average molecular weight is 492 g/mol. The normalized spacial score (nSPS) is 12.2. The summed E-state index contributed by atoms with van der Waals surface area (Å²) in [6.45, 7) is 7.34. The molecule has 0 aliphatic rings. The molecule has 0 aliphatic carbocycles. The van der Waals surface area contributed by atoms with Crippen molar-refractivity contribution in [2.75, 3.05) is 23.7 Å². The third kappa shape index (κ3) is 7.55. The van der Waals surface area contributed by atoms with Crippen LogP contribution in [0.4, 0.5) is 10.1 Å². The molecule has 2 amide bonds. The molecule has 1 N–H and O–H groups in total. The first-order valence-electron chi connectivity index (χ1n) is 11.3. The van der Waals surface area contributed by atoms with Crippen molar-refractivity contribution in [3.8, 4) is 0 Å². The van der Waals surface area contributed by atoms with Crippen LogP contribution in [0.5, 0.6) is 0 Å². The first kappa shape index (κ1) is 27.3. The minimum atomic E-state index is -3.79. The summed E-state index contributed by atoms with van der Waals surface area (Å²) < 4.78 is 39.7. The standard InChI is InChI=1S/C25H34FN3O4S/c1-6-7-14-27-25(31)20(4)28(16-21-9-11-22(26)12-10-21)24(30)17-29(34(5,32)33)23-13-8-18(2)15-19(23)3/h8-13,15,20H,6-7,14,16-17H2,1-5H3,(H,27,31)/t20-/m1/s1. The van der Waals surface area contributed by atoms with Gasteiger partial charge in [-0.25, -0.2) is 12.8 Å². The van der Waals surface area contributed by atoms with Crippen molar-refractivity contribution >= 4 is 27.5 Å². The number of halogens is 1. The molecule has 0 spiro atoms. The average Bonchev–Trinajstić information content (AvgIpc) is 2.76. The maximum atomic E-state index is 13.5. The fraction of sp³-hybridized carbons (Fsp3) is 0.440. The number of unbranched alkanes of at least 4 members (excludes halogenated alkanes) is 1. The zero-order chi connectivity index (χ0) is 25.5.